The zero-order valence-electron chi connectivity index (χ0n) is 10.7. The van der Waals surface area contributed by atoms with Crippen molar-refractivity contribution in [2.75, 3.05) is 20.7 Å². The van der Waals surface area contributed by atoms with Crippen LogP contribution in [-0.2, 0) is 4.74 Å². The van der Waals surface area contributed by atoms with E-state index < -0.39 is 37.2 Å². The van der Waals surface area contributed by atoms with Crippen LogP contribution in [0.4, 0.5) is 9.18 Å². The van der Waals surface area contributed by atoms with Crippen LogP contribution in [-0.4, -0.2) is 77.5 Å². The summed E-state index contributed by atoms with van der Waals surface area (Å²) in [6.07, 6.45) is -2.63. The van der Waals surface area contributed by atoms with E-state index in [2.05, 4.69) is 5.32 Å². The summed E-state index contributed by atoms with van der Waals surface area (Å²) in [5, 5.41) is 21.1. The Labute approximate surface area is 110 Å². The van der Waals surface area contributed by atoms with Gasteiger partial charge in [0.15, 0.2) is 12.4 Å². The van der Waals surface area contributed by atoms with E-state index in [0.717, 1.165) is 4.90 Å². The van der Waals surface area contributed by atoms with Crippen LogP contribution in [0, 0.1) is 0 Å². The Hall–Kier alpha value is -1.22. The number of rotatable bonds is 3. The fraction of sp³-hybridized carbons (Fsp3) is 0.727. The first kappa shape index (κ1) is 14.2. The Morgan fingerprint density at radius 3 is 2.74 bits per heavy atom. The molecule has 2 heterocycles. The third-order valence-electron chi connectivity index (χ3n) is 3.24. The number of nitrogens with one attached hydrogen (secondary N) is 1. The standard InChI is InChI=1S/C11H18FN3O4/c1-14(2)7-3-4-15(11(18)13-7)10-8(12)9(17)6(5-16)19-10/h3-4,6-10,16-17H,5H2,1-2H3,(H,13,18)/t6-,7?,8+,9?,10-/m1/s1. The zero-order chi connectivity index (χ0) is 14.2. The molecule has 8 heteroatoms. The van der Waals surface area contributed by atoms with Crippen molar-refractivity contribution < 1.29 is 24.1 Å². The summed E-state index contributed by atoms with van der Waals surface area (Å²) in [5.74, 6) is 0. The van der Waals surface area contributed by atoms with Gasteiger partial charge in [-0.25, -0.2) is 9.18 Å². The van der Waals surface area contributed by atoms with E-state index in [1.54, 1.807) is 25.1 Å². The lowest BCUT2D eigenvalue weighted by Gasteiger charge is -2.34. The molecule has 2 unspecified atom stereocenters. The first-order valence-corrected chi connectivity index (χ1v) is 5.97. The highest BCUT2D eigenvalue weighted by atomic mass is 19.1. The van der Waals surface area contributed by atoms with Crippen molar-refractivity contribution >= 4 is 6.03 Å². The molecule has 19 heavy (non-hydrogen) atoms. The predicted molar refractivity (Wildman–Crippen MR) is 63.6 cm³/mol. The van der Waals surface area contributed by atoms with Crippen LogP contribution in [0.3, 0.4) is 0 Å². The molecule has 0 radical (unpaired) electrons. The number of amides is 2. The van der Waals surface area contributed by atoms with Crippen LogP contribution in [0.2, 0.25) is 0 Å². The summed E-state index contributed by atoms with van der Waals surface area (Å²) in [6.45, 7) is -0.502. The number of carbonyl (C=O) groups is 1. The molecule has 3 N–H and O–H groups in total. The Morgan fingerprint density at radius 1 is 1.58 bits per heavy atom. The molecule has 0 aromatic carbocycles. The molecule has 0 aromatic heterocycles. The second-order valence-electron chi connectivity index (χ2n) is 4.79. The highest BCUT2D eigenvalue weighted by molar-refractivity contribution is 5.77. The zero-order valence-corrected chi connectivity index (χ0v) is 10.7. The predicted octanol–water partition coefficient (Wildman–Crippen LogP) is -1.17. The Bertz CT molecular complexity index is 379. The Morgan fingerprint density at radius 2 is 2.26 bits per heavy atom. The molecule has 1 saturated heterocycles. The minimum absolute atomic E-state index is 0.276. The number of hydrogen-bond acceptors (Lipinski definition) is 5. The molecule has 1 fully saturated rings. The summed E-state index contributed by atoms with van der Waals surface area (Å²) in [6, 6.07) is -0.514. The van der Waals surface area contributed by atoms with Crippen molar-refractivity contribution in [2.24, 2.45) is 0 Å². The number of aliphatic hydroxyl groups excluding tert-OH is 2. The van der Waals surface area contributed by atoms with Crippen LogP contribution >= 0.6 is 0 Å². The number of likely N-dealkylation sites (N-methyl/N-ethyl adjacent to an activating group) is 1. The summed E-state index contributed by atoms with van der Waals surface area (Å²) in [4.78, 5) is 14.7. The molecule has 7 nitrogen and oxygen atoms in total. The van der Waals surface area contributed by atoms with Crippen LogP contribution in [0.15, 0.2) is 12.3 Å². The summed E-state index contributed by atoms with van der Waals surface area (Å²) >= 11 is 0. The van der Waals surface area contributed by atoms with Crippen molar-refractivity contribution in [3.8, 4) is 0 Å². The van der Waals surface area contributed by atoms with Crippen LogP contribution in [0.5, 0.6) is 0 Å². The molecule has 0 spiro atoms. The summed E-state index contributed by atoms with van der Waals surface area (Å²) < 4.78 is 19.0. The quantitative estimate of drug-likeness (QED) is 0.604. The van der Waals surface area contributed by atoms with Crippen LogP contribution < -0.4 is 5.32 Å². The summed E-state index contributed by atoms with van der Waals surface area (Å²) in [7, 11) is 3.58. The molecule has 5 atom stereocenters. The van der Waals surface area contributed by atoms with Gasteiger partial charge < -0.3 is 20.3 Å². The maximum absolute atomic E-state index is 13.9. The molecule has 0 aliphatic carbocycles. The first-order valence-electron chi connectivity index (χ1n) is 5.97. The average Bonchev–Trinajstić information content (AvgIpc) is 2.66. The normalized spacial score (nSPS) is 38.9. The highest BCUT2D eigenvalue weighted by Crippen LogP contribution is 2.27. The van der Waals surface area contributed by atoms with Crippen LogP contribution in [0.25, 0.3) is 0 Å². The van der Waals surface area contributed by atoms with Gasteiger partial charge in [-0.1, -0.05) is 0 Å². The molecule has 0 aromatic rings. The van der Waals surface area contributed by atoms with Crippen LogP contribution in [0.1, 0.15) is 0 Å². The number of urea groups is 1. The second-order valence-corrected chi connectivity index (χ2v) is 4.79. The number of hydrogen-bond donors (Lipinski definition) is 3. The number of alkyl halides is 1. The maximum atomic E-state index is 13.9. The largest absolute Gasteiger partial charge is 0.394 e. The first-order chi connectivity index (χ1) is 8.95. The number of aliphatic hydroxyl groups is 2. The lowest BCUT2D eigenvalue weighted by atomic mass is 10.1. The monoisotopic (exact) mass is 275 g/mol. The van der Waals surface area contributed by atoms with E-state index in [1.807, 2.05) is 0 Å². The Kier molecular flexibility index (Phi) is 4.04. The van der Waals surface area contributed by atoms with Gasteiger partial charge >= 0.3 is 6.03 Å². The van der Waals surface area contributed by atoms with Gasteiger partial charge in [0.2, 0.25) is 0 Å². The van der Waals surface area contributed by atoms with Gasteiger partial charge in [0, 0.05) is 6.20 Å². The number of ether oxygens (including phenoxy) is 1. The maximum Gasteiger partial charge on any atom is 0.325 e. The molecule has 2 aliphatic heterocycles. The van der Waals surface area contributed by atoms with E-state index in [-0.39, 0.29) is 6.17 Å². The van der Waals surface area contributed by atoms with Crippen molar-refractivity contribution in [2.45, 2.75) is 30.8 Å². The molecule has 108 valence electrons. The van der Waals surface area contributed by atoms with E-state index in [4.69, 9.17) is 9.84 Å². The Balaban J connectivity index is 2.11. The number of carbonyl (C=O) groups excluding carboxylic acids is 1. The minimum atomic E-state index is -1.76. The molecule has 0 saturated carbocycles. The third-order valence-corrected chi connectivity index (χ3v) is 3.24. The van der Waals surface area contributed by atoms with Gasteiger partial charge in [-0.2, -0.15) is 0 Å². The lowest BCUT2D eigenvalue weighted by molar-refractivity contribution is -0.0595. The van der Waals surface area contributed by atoms with E-state index in [1.165, 1.54) is 6.20 Å². The SMILES string of the molecule is CN(C)C1C=CN([C@@H]2O[C@H](CO)C(O)[C@@H]2F)C(=O)N1. The topological polar surface area (TPSA) is 85.3 Å². The fourth-order valence-electron chi connectivity index (χ4n) is 2.07. The van der Waals surface area contributed by atoms with E-state index in [9.17, 15) is 14.3 Å². The molecular weight excluding hydrogens is 257 g/mol. The second kappa shape index (κ2) is 5.41. The van der Waals surface area contributed by atoms with Gasteiger partial charge in [-0.3, -0.25) is 9.80 Å². The summed E-state index contributed by atoms with van der Waals surface area (Å²) in [5.41, 5.74) is 0. The van der Waals surface area contributed by atoms with Crippen molar-refractivity contribution in [1.29, 1.82) is 0 Å². The third kappa shape index (κ3) is 2.57. The molecule has 2 rings (SSSR count). The minimum Gasteiger partial charge on any atom is -0.394 e. The van der Waals surface area contributed by atoms with Gasteiger partial charge in [0.05, 0.1) is 6.61 Å². The molecule has 2 aliphatic rings. The van der Waals surface area contributed by atoms with Crippen molar-refractivity contribution in [1.82, 2.24) is 15.1 Å². The van der Waals surface area contributed by atoms with Gasteiger partial charge in [0.25, 0.3) is 0 Å². The highest BCUT2D eigenvalue weighted by Gasteiger charge is 2.48. The van der Waals surface area contributed by atoms with E-state index in [0.29, 0.717) is 0 Å². The van der Waals surface area contributed by atoms with Crippen molar-refractivity contribution in [3.63, 3.8) is 0 Å². The fourth-order valence-corrected chi connectivity index (χ4v) is 2.07. The smallest absolute Gasteiger partial charge is 0.325 e. The molecule has 0 bridgehead atoms. The van der Waals surface area contributed by atoms with Gasteiger partial charge in [0.1, 0.15) is 18.4 Å². The van der Waals surface area contributed by atoms with E-state index >= 15 is 0 Å². The number of halogens is 1. The molecular formula is C11H18FN3O4. The lowest BCUT2D eigenvalue weighted by Crippen LogP contribution is -2.55. The van der Waals surface area contributed by atoms with Gasteiger partial charge in [-0.15, -0.1) is 0 Å². The molecule has 2 amide bonds. The average molecular weight is 275 g/mol. The number of nitrogens with zero attached hydrogens (tertiary/aromatic N) is 2. The van der Waals surface area contributed by atoms with Gasteiger partial charge in [-0.05, 0) is 20.2 Å². The van der Waals surface area contributed by atoms with Crippen molar-refractivity contribution in [3.05, 3.63) is 12.3 Å².